The van der Waals surface area contributed by atoms with Crippen LogP contribution in [-0.2, 0) is 26.4 Å². The van der Waals surface area contributed by atoms with E-state index in [1.807, 2.05) is 30.3 Å². The van der Waals surface area contributed by atoms with E-state index < -0.39 is 17.4 Å². The molecule has 1 saturated carbocycles. The molecular formula is C22H24FNO4. The summed E-state index contributed by atoms with van der Waals surface area (Å²) in [6, 6.07) is 15.8. The van der Waals surface area contributed by atoms with E-state index in [0.717, 1.165) is 11.1 Å². The lowest BCUT2D eigenvalue weighted by Crippen LogP contribution is -2.52. The lowest BCUT2D eigenvalue weighted by atomic mass is 9.74. The van der Waals surface area contributed by atoms with E-state index in [4.69, 9.17) is 14.2 Å². The molecule has 4 rings (SSSR count). The van der Waals surface area contributed by atoms with Crippen molar-refractivity contribution in [1.82, 2.24) is 5.32 Å². The average Bonchev–Trinajstić information content (AvgIpc) is 3.18. The third-order valence-electron chi connectivity index (χ3n) is 5.63. The van der Waals surface area contributed by atoms with Gasteiger partial charge in [0.2, 0.25) is 0 Å². The molecule has 0 bridgehead atoms. The van der Waals surface area contributed by atoms with E-state index >= 15 is 0 Å². The molecule has 5 nitrogen and oxygen atoms in total. The Balaban J connectivity index is 1.48. The number of ether oxygens (including phenoxy) is 3. The molecule has 1 aliphatic heterocycles. The first-order valence-corrected chi connectivity index (χ1v) is 9.62. The molecular weight excluding hydrogens is 361 g/mol. The second kappa shape index (κ2) is 7.89. The number of rotatable bonds is 4. The molecule has 1 spiro atoms. The number of benzene rings is 2. The quantitative estimate of drug-likeness (QED) is 0.854. The Labute approximate surface area is 163 Å². The lowest BCUT2D eigenvalue weighted by Gasteiger charge is -2.44. The molecule has 2 aliphatic rings. The second-order valence-corrected chi connectivity index (χ2v) is 7.38. The van der Waals surface area contributed by atoms with Gasteiger partial charge in [0.15, 0.2) is 5.79 Å². The standard InChI is InChI=1S/C22H24FNO4/c23-19-8-6-18(7-9-19)21(10-12-22(13-11-21)27-14-15-28-22)24-20(25)26-16-17-4-2-1-3-5-17/h1-9H,10-16H2,(H,24,25). The maximum atomic E-state index is 13.4. The minimum atomic E-state index is -0.637. The van der Waals surface area contributed by atoms with Crippen LogP contribution in [0, 0.1) is 5.82 Å². The summed E-state index contributed by atoms with van der Waals surface area (Å²) in [6.07, 6.45) is 2.07. The van der Waals surface area contributed by atoms with Gasteiger partial charge in [0, 0.05) is 12.8 Å². The number of hydrogen-bond donors (Lipinski definition) is 1. The SMILES string of the molecule is O=C(NC1(c2ccc(F)cc2)CCC2(CC1)OCCO2)OCc1ccccc1. The maximum Gasteiger partial charge on any atom is 0.408 e. The zero-order chi connectivity index (χ0) is 19.5. The Morgan fingerprint density at radius 3 is 2.25 bits per heavy atom. The third-order valence-corrected chi connectivity index (χ3v) is 5.63. The van der Waals surface area contributed by atoms with Gasteiger partial charge in [-0.3, -0.25) is 0 Å². The summed E-state index contributed by atoms with van der Waals surface area (Å²) in [5.41, 5.74) is 1.14. The summed E-state index contributed by atoms with van der Waals surface area (Å²) in [4.78, 5) is 12.6. The predicted octanol–water partition coefficient (Wildman–Crippen LogP) is 4.26. The topological polar surface area (TPSA) is 56.8 Å². The van der Waals surface area contributed by atoms with Gasteiger partial charge >= 0.3 is 6.09 Å². The fraction of sp³-hybridized carbons (Fsp3) is 0.409. The minimum Gasteiger partial charge on any atom is -0.445 e. The van der Waals surface area contributed by atoms with E-state index in [1.54, 1.807) is 12.1 Å². The highest BCUT2D eigenvalue weighted by Gasteiger charge is 2.48. The monoisotopic (exact) mass is 385 g/mol. The molecule has 2 aromatic carbocycles. The second-order valence-electron chi connectivity index (χ2n) is 7.38. The minimum absolute atomic E-state index is 0.197. The predicted molar refractivity (Wildman–Crippen MR) is 101 cm³/mol. The van der Waals surface area contributed by atoms with Crippen molar-refractivity contribution < 1.29 is 23.4 Å². The molecule has 2 aromatic rings. The van der Waals surface area contributed by atoms with E-state index in [-0.39, 0.29) is 12.4 Å². The van der Waals surface area contributed by atoms with Crippen LogP contribution < -0.4 is 5.32 Å². The fourth-order valence-electron chi connectivity index (χ4n) is 4.05. The van der Waals surface area contributed by atoms with Gasteiger partial charge in [0.1, 0.15) is 12.4 Å². The third kappa shape index (κ3) is 4.03. The zero-order valence-corrected chi connectivity index (χ0v) is 15.7. The van der Waals surface area contributed by atoms with Gasteiger partial charge in [-0.25, -0.2) is 9.18 Å². The number of amides is 1. The van der Waals surface area contributed by atoms with Crippen molar-refractivity contribution in [3.05, 3.63) is 71.5 Å². The summed E-state index contributed by atoms with van der Waals surface area (Å²) < 4.78 is 30.5. The molecule has 28 heavy (non-hydrogen) atoms. The van der Waals surface area contributed by atoms with Crippen LogP contribution in [0.5, 0.6) is 0 Å². The fourth-order valence-corrected chi connectivity index (χ4v) is 4.05. The first-order valence-electron chi connectivity index (χ1n) is 9.62. The largest absolute Gasteiger partial charge is 0.445 e. The van der Waals surface area contributed by atoms with Crippen molar-refractivity contribution in [1.29, 1.82) is 0 Å². The van der Waals surface area contributed by atoms with Crippen LogP contribution in [0.3, 0.4) is 0 Å². The number of alkyl carbamates (subject to hydrolysis) is 1. The summed E-state index contributed by atoms with van der Waals surface area (Å²) in [5.74, 6) is -0.862. The van der Waals surface area contributed by atoms with Crippen molar-refractivity contribution in [2.24, 2.45) is 0 Å². The Morgan fingerprint density at radius 1 is 0.964 bits per heavy atom. The number of hydrogen-bond acceptors (Lipinski definition) is 4. The molecule has 0 unspecified atom stereocenters. The zero-order valence-electron chi connectivity index (χ0n) is 15.7. The highest BCUT2D eigenvalue weighted by Crippen LogP contribution is 2.45. The van der Waals surface area contributed by atoms with E-state index in [2.05, 4.69) is 5.32 Å². The summed E-state index contributed by atoms with van der Waals surface area (Å²) >= 11 is 0. The van der Waals surface area contributed by atoms with Gasteiger partial charge in [0.25, 0.3) is 0 Å². The van der Waals surface area contributed by atoms with E-state index in [9.17, 15) is 9.18 Å². The van der Waals surface area contributed by atoms with Crippen LogP contribution in [0.1, 0.15) is 36.8 Å². The number of carbonyl (C=O) groups excluding carboxylic acids is 1. The Kier molecular flexibility index (Phi) is 5.33. The summed E-state index contributed by atoms with van der Waals surface area (Å²) in [7, 11) is 0. The highest BCUT2D eigenvalue weighted by molar-refractivity contribution is 5.69. The first kappa shape index (κ1) is 18.9. The average molecular weight is 385 g/mol. The highest BCUT2D eigenvalue weighted by atomic mass is 19.1. The van der Waals surface area contributed by atoms with Gasteiger partial charge in [0.05, 0.1) is 18.8 Å². The number of nitrogens with one attached hydrogen (secondary N) is 1. The molecule has 6 heteroatoms. The molecule has 1 amide bonds. The van der Waals surface area contributed by atoms with Crippen LogP contribution in [0.4, 0.5) is 9.18 Å². The summed E-state index contributed by atoms with van der Waals surface area (Å²) in [5, 5.41) is 3.05. The van der Waals surface area contributed by atoms with E-state index in [0.29, 0.717) is 38.9 Å². The van der Waals surface area contributed by atoms with Gasteiger partial charge in [-0.15, -0.1) is 0 Å². The Morgan fingerprint density at radius 2 is 1.61 bits per heavy atom. The van der Waals surface area contributed by atoms with Crippen molar-refractivity contribution in [3.8, 4) is 0 Å². The lowest BCUT2D eigenvalue weighted by molar-refractivity contribution is -0.186. The van der Waals surface area contributed by atoms with Crippen LogP contribution in [0.25, 0.3) is 0 Å². The van der Waals surface area contributed by atoms with Crippen LogP contribution >= 0.6 is 0 Å². The molecule has 1 N–H and O–H groups in total. The smallest absolute Gasteiger partial charge is 0.408 e. The molecule has 0 aromatic heterocycles. The molecule has 1 saturated heterocycles. The Hall–Kier alpha value is -2.44. The van der Waals surface area contributed by atoms with E-state index in [1.165, 1.54) is 12.1 Å². The molecule has 1 heterocycles. The van der Waals surface area contributed by atoms with Gasteiger partial charge in [-0.1, -0.05) is 42.5 Å². The molecule has 0 atom stereocenters. The molecule has 0 radical (unpaired) electrons. The number of halogens is 1. The first-order chi connectivity index (χ1) is 13.6. The molecule has 2 fully saturated rings. The van der Waals surface area contributed by atoms with Crippen LogP contribution in [0.2, 0.25) is 0 Å². The number of carbonyl (C=O) groups is 1. The molecule has 1 aliphatic carbocycles. The summed E-state index contributed by atoms with van der Waals surface area (Å²) in [6.45, 7) is 1.38. The van der Waals surface area contributed by atoms with Gasteiger partial charge < -0.3 is 19.5 Å². The normalized spacial score (nSPS) is 20.0. The van der Waals surface area contributed by atoms with Gasteiger partial charge in [-0.2, -0.15) is 0 Å². The van der Waals surface area contributed by atoms with Crippen LogP contribution in [0.15, 0.2) is 54.6 Å². The van der Waals surface area contributed by atoms with Crippen molar-refractivity contribution >= 4 is 6.09 Å². The van der Waals surface area contributed by atoms with Crippen molar-refractivity contribution in [3.63, 3.8) is 0 Å². The maximum absolute atomic E-state index is 13.4. The van der Waals surface area contributed by atoms with Crippen molar-refractivity contribution in [2.75, 3.05) is 13.2 Å². The Bertz CT molecular complexity index is 793. The molecule has 148 valence electrons. The van der Waals surface area contributed by atoms with Crippen LogP contribution in [-0.4, -0.2) is 25.1 Å². The van der Waals surface area contributed by atoms with Crippen molar-refractivity contribution in [2.45, 2.75) is 43.6 Å². The van der Waals surface area contributed by atoms with Gasteiger partial charge in [-0.05, 0) is 36.1 Å².